The molecule has 0 aliphatic heterocycles. The Hall–Kier alpha value is -4.12. The molecule has 0 aliphatic carbocycles. The molecule has 0 spiro atoms. The van der Waals surface area contributed by atoms with E-state index in [-0.39, 0.29) is 18.0 Å². The summed E-state index contributed by atoms with van der Waals surface area (Å²) < 4.78 is 40.1. The molecule has 1 heterocycles. The first-order valence-electron chi connectivity index (χ1n) is 11.6. The lowest BCUT2D eigenvalue weighted by Gasteiger charge is -2.16. The minimum Gasteiger partial charge on any atom is -0.368 e. The van der Waals surface area contributed by atoms with Gasteiger partial charge in [-0.1, -0.05) is 11.6 Å². The number of benzene rings is 2. The maximum absolute atomic E-state index is 13.7. The van der Waals surface area contributed by atoms with Gasteiger partial charge in [0, 0.05) is 60.9 Å². The van der Waals surface area contributed by atoms with Crippen LogP contribution in [0.25, 0.3) is 17.5 Å². The van der Waals surface area contributed by atoms with Gasteiger partial charge in [0.1, 0.15) is 11.6 Å². The molecule has 200 valence electrons. The molecule has 12 heteroatoms. The number of hydrogen-bond acceptors (Lipinski definition) is 6. The first-order chi connectivity index (χ1) is 18.2. The van der Waals surface area contributed by atoms with Crippen LogP contribution in [0.15, 0.2) is 42.5 Å². The van der Waals surface area contributed by atoms with Crippen LogP contribution < -0.4 is 21.3 Å². The molecule has 4 N–H and O–H groups in total. The Bertz CT molecular complexity index is 1340. The van der Waals surface area contributed by atoms with Crippen molar-refractivity contribution >= 4 is 41.1 Å². The van der Waals surface area contributed by atoms with E-state index in [1.54, 1.807) is 24.3 Å². The zero-order valence-corrected chi connectivity index (χ0v) is 21.4. The number of carbonyl (C=O) groups is 2. The molecule has 2 amide bonds. The minimum absolute atomic E-state index is 0.137. The van der Waals surface area contributed by atoms with Crippen LogP contribution in [0.3, 0.4) is 0 Å². The average molecular weight is 547 g/mol. The van der Waals surface area contributed by atoms with Gasteiger partial charge in [0.2, 0.25) is 11.8 Å². The van der Waals surface area contributed by atoms with Crippen molar-refractivity contribution < 1.29 is 22.8 Å². The monoisotopic (exact) mass is 546 g/mol. The standard InChI is InChI=1S/C26H26ClF3N6O2/c1-15-24(33-13-11-31-16(2)37)35-26(18-3-7-19(27)8-4-18)36-25(15)34-14-12-32-21(38)10-6-17-5-9-20(28)23(30)22(17)29/h3-10H,11-14H2,1-2H3,(H,31,37)(H,32,38)(H2,33,34,35,36)/b10-6+. The molecule has 0 atom stereocenters. The first-order valence-corrected chi connectivity index (χ1v) is 12.0. The summed E-state index contributed by atoms with van der Waals surface area (Å²) >= 11 is 6.00. The van der Waals surface area contributed by atoms with E-state index in [0.29, 0.717) is 42.1 Å². The van der Waals surface area contributed by atoms with Crippen LogP contribution in [0.2, 0.25) is 5.02 Å². The van der Waals surface area contributed by atoms with Crippen molar-refractivity contribution in [3.8, 4) is 11.4 Å². The summed E-state index contributed by atoms with van der Waals surface area (Å²) in [5, 5.41) is 12.2. The number of halogens is 4. The Morgan fingerprint density at radius 3 is 2.08 bits per heavy atom. The minimum atomic E-state index is -1.60. The van der Waals surface area contributed by atoms with E-state index in [0.717, 1.165) is 35.4 Å². The second kappa shape index (κ2) is 13.4. The lowest BCUT2D eigenvalue weighted by atomic mass is 10.2. The SMILES string of the molecule is CC(=O)NCCNc1nc(-c2ccc(Cl)cc2)nc(NCCNC(=O)/C=C/c2ccc(F)c(F)c2F)c1C. The molecule has 8 nitrogen and oxygen atoms in total. The average Bonchev–Trinajstić information content (AvgIpc) is 2.89. The molecule has 38 heavy (non-hydrogen) atoms. The molecule has 3 aromatic rings. The fourth-order valence-corrected chi connectivity index (χ4v) is 3.39. The summed E-state index contributed by atoms with van der Waals surface area (Å²) in [6.45, 7) is 4.60. The highest BCUT2D eigenvalue weighted by molar-refractivity contribution is 6.30. The summed E-state index contributed by atoms with van der Waals surface area (Å²) in [6, 6.07) is 8.86. The number of aromatic nitrogens is 2. The van der Waals surface area contributed by atoms with Crippen molar-refractivity contribution in [1.82, 2.24) is 20.6 Å². The molecule has 0 radical (unpaired) electrons. The maximum atomic E-state index is 13.7. The summed E-state index contributed by atoms with van der Waals surface area (Å²) in [5.74, 6) is -3.41. The molecule has 0 aliphatic rings. The van der Waals surface area contributed by atoms with Crippen LogP contribution in [0.4, 0.5) is 24.8 Å². The van der Waals surface area contributed by atoms with E-state index in [1.165, 1.54) is 6.92 Å². The predicted octanol–water partition coefficient (Wildman–Crippen LogP) is 4.31. The number of carbonyl (C=O) groups excluding carboxylic acids is 2. The molecule has 0 unspecified atom stereocenters. The molecule has 1 aromatic heterocycles. The number of hydrogen-bond donors (Lipinski definition) is 4. The van der Waals surface area contributed by atoms with Crippen LogP contribution in [-0.4, -0.2) is 48.0 Å². The van der Waals surface area contributed by atoms with E-state index in [2.05, 4.69) is 31.2 Å². The molecular weight excluding hydrogens is 521 g/mol. The fraction of sp³-hybridized carbons (Fsp3) is 0.231. The molecule has 0 fully saturated rings. The Labute approximate surface area is 222 Å². The van der Waals surface area contributed by atoms with Crippen molar-refractivity contribution in [3.05, 3.63) is 76.1 Å². The van der Waals surface area contributed by atoms with Gasteiger partial charge in [-0.25, -0.2) is 23.1 Å². The second-order valence-electron chi connectivity index (χ2n) is 8.10. The molecule has 0 saturated carbocycles. The molecule has 0 bridgehead atoms. The van der Waals surface area contributed by atoms with E-state index < -0.39 is 23.4 Å². The Balaban J connectivity index is 1.65. The third-order valence-electron chi connectivity index (χ3n) is 5.24. The lowest BCUT2D eigenvalue weighted by molar-refractivity contribution is -0.119. The van der Waals surface area contributed by atoms with Gasteiger partial charge in [0.05, 0.1) is 0 Å². The second-order valence-corrected chi connectivity index (χ2v) is 8.54. The van der Waals surface area contributed by atoms with Crippen molar-refractivity contribution in [1.29, 1.82) is 0 Å². The number of nitrogens with one attached hydrogen (secondary N) is 4. The molecule has 0 saturated heterocycles. The van der Waals surface area contributed by atoms with Crippen molar-refractivity contribution in [2.75, 3.05) is 36.8 Å². The highest BCUT2D eigenvalue weighted by Gasteiger charge is 2.13. The molecule has 2 aromatic carbocycles. The smallest absolute Gasteiger partial charge is 0.244 e. The van der Waals surface area contributed by atoms with Gasteiger partial charge >= 0.3 is 0 Å². The summed E-state index contributed by atoms with van der Waals surface area (Å²) in [5.41, 5.74) is 1.22. The zero-order chi connectivity index (χ0) is 27.7. The van der Waals surface area contributed by atoms with Crippen LogP contribution in [-0.2, 0) is 9.59 Å². The van der Waals surface area contributed by atoms with Gasteiger partial charge in [0.15, 0.2) is 23.3 Å². The number of anilines is 2. The number of amides is 2. The largest absolute Gasteiger partial charge is 0.368 e. The van der Waals surface area contributed by atoms with Crippen molar-refractivity contribution in [3.63, 3.8) is 0 Å². The Morgan fingerprint density at radius 1 is 0.868 bits per heavy atom. The van der Waals surface area contributed by atoms with E-state index >= 15 is 0 Å². The molecule has 3 rings (SSSR count). The van der Waals surface area contributed by atoms with Crippen LogP contribution >= 0.6 is 11.6 Å². The predicted molar refractivity (Wildman–Crippen MR) is 141 cm³/mol. The van der Waals surface area contributed by atoms with Gasteiger partial charge in [0.25, 0.3) is 0 Å². The van der Waals surface area contributed by atoms with E-state index in [9.17, 15) is 22.8 Å². The first kappa shape index (κ1) is 28.5. The third-order valence-corrected chi connectivity index (χ3v) is 5.49. The molecular formula is C26H26ClF3N6O2. The van der Waals surface area contributed by atoms with E-state index in [4.69, 9.17) is 11.6 Å². The maximum Gasteiger partial charge on any atom is 0.244 e. The highest BCUT2D eigenvalue weighted by Crippen LogP contribution is 2.26. The van der Waals surface area contributed by atoms with Gasteiger partial charge in [-0.15, -0.1) is 0 Å². The van der Waals surface area contributed by atoms with Crippen molar-refractivity contribution in [2.45, 2.75) is 13.8 Å². The van der Waals surface area contributed by atoms with Gasteiger partial charge in [-0.05, 0) is 49.4 Å². The van der Waals surface area contributed by atoms with Crippen LogP contribution in [0.1, 0.15) is 18.1 Å². The fourth-order valence-electron chi connectivity index (χ4n) is 3.27. The van der Waals surface area contributed by atoms with E-state index in [1.807, 2.05) is 6.92 Å². The number of nitrogens with zero attached hydrogens (tertiary/aromatic N) is 2. The third kappa shape index (κ3) is 7.94. The summed E-state index contributed by atoms with van der Waals surface area (Å²) in [6.07, 6.45) is 2.09. The van der Waals surface area contributed by atoms with Crippen molar-refractivity contribution in [2.24, 2.45) is 0 Å². The van der Waals surface area contributed by atoms with Gasteiger partial charge in [-0.2, -0.15) is 0 Å². The lowest BCUT2D eigenvalue weighted by Crippen LogP contribution is -2.28. The topological polar surface area (TPSA) is 108 Å². The highest BCUT2D eigenvalue weighted by atomic mass is 35.5. The van der Waals surface area contributed by atoms with Gasteiger partial charge in [-0.3, -0.25) is 9.59 Å². The summed E-state index contributed by atoms with van der Waals surface area (Å²) in [7, 11) is 0. The van der Waals surface area contributed by atoms with Crippen LogP contribution in [0.5, 0.6) is 0 Å². The Kier molecular flexibility index (Phi) is 10.1. The normalized spacial score (nSPS) is 10.9. The van der Waals surface area contributed by atoms with Gasteiger partial charge < -0.3 is 21.3 Å². The Morgan fingerprint density at radius 2 is 1.47 bits per heavy atom. The van der Waals surface area contributed by atoms with Crippen LogP contribution in [0, 0.1) is 24.4 Å². The zero-order valence-electron chi connectivity index (χ0n) is 20.7. The quantitative estimate of drug-likeness (QED) is 0.162. The summed E-state index contributed by atoms with van der Waals surface area (Å²) in [4.78, 5) is 32.4. The number of rotatable bonds is 11.